The summed E-state index contributed by atoms with van der Waals surface area (Å²) in [5.74, 6) is 2.09. The van der Waals surface area contributed by atoms with E-state index in [0.717, 1.165) is 38.5 Å². The molecule has 0 spiro atoms. The van der Waals surface area contributed by atoms with E-state index in [-0.39, 0.29) is 27.9 Å². The molecular weight excluding hydrogens is 356 g/mol. The van der Waals surface area contributed by atoms with Crippen LogP contribution in [0.15, 0.2) is 11.8 Å². The van der Waals surface area contributed by atoms with E-state index in [1.807, 2.05) is 6.08 Å². The first-order chi connectivity index (χ1) is 10.8. The average Bonchev–Trinajstić information content (AvgIpc) is 2.73. The number of aliphatic hydroxyl groups excluding tert-OH is 3. The molecule has 23 heavy (non-hydrogen) atoms. The third-order valence-corrected chi connectivity index (χ3v) is 9.13. The van der Waals surface area contributed by atoms with Gasteiger partial charge in [0.2, 0.25) is 0 Å². The highest BCUT2D eigenvalue weighted by atomic mass is 79.9. The molecule has 4 aliphatic rings. The van der Waals surface area contributed by atoms with Gasteiger partial charge in [-0.3, -0.25) is 0 Å². The van der Waals surface area contributed by atoms with Crippen LogP contribution in [0.3, 0.4) is 0 Å². The summed E-state index contributed by atoms with van der Waals surface area (Å²) >= 11 is 3.68. The third-order valence-electron chi connectivity index (χ3n) is 8.25. The summed E-state index contributed by atoms with van der Waals surface area (Å²) in [4.78, 5) is 0.157. The highest BCUT2D eigenvalue weighted by Gasteiger charge is 2.63. The van der Waals surface area contributed by atoms with E-state index in [4.69, 9.17) is 0 Å². The predicted octanol–water partition coefficient (Wildman–Crippen LogP) is 3.79. The van der Waals surface area contributed by atoms with Crippen molar-refractivity contribution >= 4 is 15.9 Å². The Hall–Kier alpha value is -0.0600. The fourth-order valence-corrected chi connectivity index (χ4v) is 7.78. The highest BCUT2D eigenvalue weighted by Crippen LogP contribution is 2.66. The topological polar surface area (TPSA) is 60.7 Å². The quantitative estimate of drug-likeness (QED) is 0.556. The summed E-state index contributed by atoms with van der Waals surface area (Å²) in [6, 6.07) is 0. The Balaban J connectivity index is 1.71. The predicted molar refractivity (Wildman–Crippen MR) is 93.3 cm³/mol. The molecular formula is C19H29BrO3. The van der Waals surface area contributed by atoms with Crippen LogP contribution in [0, 0.1) is 34.5 Å². The first kappa shape index (κ1) is 16.4. The van der Waals surface area contributed by atoms with Crippen LogP contribution >= 0.6 is 15.9 Å². The molecule has 0 aromatic rings. The average molecular weight is 385 g/mol. The number of hydrogen-bond donors (Lipinski definition) is 3. The molecule has 0 heterocycles. The van der Waals surface area contributed by atoms with Crippen LogP contribution in [0.1, 0.15) is 52.4 Å². The van der Waals surface area contributed by atoms with Gasteiger partial charge < -0.3 is 15.3 Å². The molecule has 3 nitrogen and oxygen atoms in total. The van der Waals surface area contributed by atoms with Crippen molar-refractivity contribution in [2.75, 3.05) is 0 Å². The second-order valence-electron chi connectivity index (χ2n) is 9.14. The van der Waals surface area contributed by atoms with Crippen molar-refractivity contribution in [3.63, 3.8) is 0 Å². The monoisotopic (exact) mass is 384 g/mol. The second-order valence-corrected chi connectivity index (χ2v) is 10.3. The van der Waals surface area contributed by atoms with E-state index in [1.54, 1.807) is 0 Å². The minimum Gasteiger partial charge on any atom is -0.513 e. The van der Waals surface area contributed by atoms with Crippen molar-refractivity contribution in [1.29, 1.82) is 0 Å². The number of hydrogen-bond acceptors (Lipinski definition) is 3. The van der Waals surface area contributed by atoms with Gasteiger partial charge >= 0.3 is 0 Å². The van der Waals surface area contributed by atoms with Crippen molar-refractivity contribution in [3.8, 4) is 0 Å². The van der Waals surface area contributed by atoms with E-state index in [1.165, 1.54) is 0 Å². The van der Waals surface area contributed by atoms with E-state index < -0.39 is 0 Å². The number of allylic oxidation sites excluding steroid dienone is 2. The summed E-state index contributed by atoms with van der Waals surface area (Å²) in [7, 11) is 0. The molecule has 9 atom stereocenters. The fraction of sp³-hybridized carbons (Fsp3) is 0.895. The van der Waals surface area contributed by atoms with Crippen molar-refractivity contribution in [1.82, 2.24) is 0 Å². The van der Waals surface area contributed by atoms with E-state index in [0.29, 0.717) is 29.4 Å². The van der Waals surface area contributed by atoms with Crippen LogP contribution in [0.2, 0.25) is 0 Å². The number of alkyl halides is 1. The van der Waals surface area contributed by atoms with Gasteiger partial charge in [0.05, 0.1) is 18.0 Å². The lowest BCUT2D eigenvalue weighted by Gasteiger charge is -2.60. The second kappa shape index (κ2) is 5.22. The molecule has 0 unspecified atom stereocenters. The summed E-state index contributed by atoms with van der Waals surface area (Å²) in [6.45, 7) is 4.61. The zero-order valence-corrected chi connectivity index (χ0v) is 15.7. The van der Waals surface area contributed by atoms with Gasteiger partial charge in [-0.05, 0) is 72.7 Å². The third kappa shape index (κ3) is 2.13. The molecule has 0 bridgehead atoms. The van der Waals surface area contributed by atoms with Gasteiger partial charge in [0, 0.05) is 11.2 Å². The zero-order valence-electron chi connectivity index (χ0n) is 14.1. The van der Waals surface area contributed by atoms with Gasteiger partial charge in [-0.1, -0.05) is 29.8 Å². The summed E-state index contributed by atoms with van der Waals surface area (Å²) in [6.07, 6.45) is 6.97. The fourth-order valence-electron chi connectivity index (χ4n) is 6.78. The number of rotatable bonds is 0. The molecule has 4 heteroatoms. The Morgan fingerprint density at radius 2 is 1.87 bits per heavy atom. The van der Waals surface area contributed by atoms with Gasteiger partial charge in [-0.15, -0.1) is 0 Å². The highest BCUT2D eigenvalue weighted by molar-refractivity contribution is 9.09. The van der Waals surface area contributed by atoms with Crippen LogP contribution in [-0.2, 0) is 0 Å². The normalized spacial score (nSPS) is 58.8. The van der Waals surface area contributed by atoms with Gasteiger partial charge in [-0.2, -0.15) is 0 Å². The molecule has 0 aliphatic heterocycles. The summed E-state index contributed by atoms with van der Waals surface area (Å²) in [5.41, 5.74) is 0.124. The SMILES string of the molecule is C[C@]12CC=C(O)C[C@H]1C[C@H](O)[C@@H]1[C@@H]2CC[C@]2(C)[C@@H](O)[C@H](Br)C[C@@H]12. The molecule has 130 valence electrons. The maximum Gasteiger partial charge on any atom is 0.0886 e. The Morgan fingerprint density at radius 3 is 2.61 bits per heavy atom. The lowest BCUT2D eigenvalue weighted by atomic mass is 9.45. The van der Waals surface area contributed by atoms with Crippen molar-refractivity contribution in [2.24, 2.45) is 34.5 Å². The van der Waals surface area contributed by atoms with Crippen LogP contribution in [0.4, 0.5) is 0 Å². The smallest absolute Gasteiger partial charge is 0.0886 e. The molecule has 0 aromatic heterocycles. The molecule has 4 aliphatic carbocycles. The largest absolute Gasteiger partial charge is 0.513 e. The Bertz CT molecular complexity index is 535. The van der Waals surface area contributed by atoms with E-state index >= 15 is 0 Å². The maximum absolute atomic E-state index is 11.0. The van der Waals surface area contributed by atoms with Gasteiger partial charge in [0.25, 0.3) is 0 Å². The molecule has 3 N–H and O–H groups in total. The Kier molecular flexibility index (Phi) is 3.72. The molecule has 0 amide bonds. The first-order valence-electron chi connectivity index (χ1n) is 9.15. The van der Waals surface area contributed by atoms with Crippen LogP contribution in [-0.4, -0.2) is 32.4 Å². The molecule has 0 saturated heterocycles. The van der Waals surface area contributed by atoms with Crippen LogP contribution < -0.4 is 0 Å². The lowest BCUT2D eigenvalue weighted by Crippen LogP contribution is -2.57. The number of halogens is 1. The summed E-state index contributed by atoms with van der Waals surface area (Å²) in [5, 5.41) is 31.6. The van der Waals surface area contributed by atoms with Crippen LogP contribution in [0.25, 0.3) is 0 Å². The van der Waals surface area contributed by atoms with Crippen molar-refractivity contribution < 1.29 is 15.3 Å². The standard InChI is InChI=1S/C19H29BrO3/c1-18-5-3-11(21)7-10(18)8-15(22)16-12(18)4-6-19(2)13(16)9-14(20)17(19)23/h3,10,12-17,21-23H,4-9H2,1-2H3/t10-,12-,13-,14+,15-,16+,17-,18-,19-/m0/s1. The molecule has 4 rings (SSSR count). The molecule has 3 fully saturated rings. The van der Waals surface area contributed by atoms with Gasteiger partial charge in [0.15, 0.2) is 0 Å². The van der Waals surface area contributed by atoms with E-state index in [9.17, 15) is 15.3 Å². The number of fused-ring (bicyclic) bond motifs is 5. The molecule has 0 radical (unpaired) electrons. The molecule has 0 aromatic carbocycles. The minimum atomic E-state index is -0.304. The lowest BCUT2D eigenvalue weighted by molar-refractivity contribution is -0.160. The zero-order chi connectivity index (χ0) is 16.6. The molecule has 3 saturated carbocycles. The van der Waals surface area contributed by atoms with E-state index in [2.05, 4.69) is 29.8 Å². The Labute approximate surface area is 147 Å². The van der Waals surface area contributed by atoms with Gasteiger partial charge in [0.1, 0.15) is 0 Å². The van der Waals surface area contributed by atoms with Crippen molar-refractivity contribution in [2.45, 2.75) is 69.4 Å². The van der Waals surface area contributed by atoms with Crippen LogP contribution in [0.5, 0.6) is 0 Å². The first-order valence-corrected chi connectivity index (χ1v) is 10.1. The maximum atomic E-state index is 11.0. The van der Waals surface area contributed by atoms with Gasteiger partial charge in [-0.25, -0.2) is 0 Å². The summed E-state index contributed by atoms with van der Waals surface area (Å²) < 4.78 is 0. The van der Waals surface area contributed by atoms with Crippen molar-refractivity contribution in [3.05, 3.63) is 11.8 Å². The number of aliphatic hydroxyl groups is 3. The Morgan fingerprint density at radius 1 is 1.13 bits per heavy atom. The minimum absolute atomic E-state index is 0.0633.